The number of ether oxygens (including phenoxy) is 1. The third-order valence-corrected chi connectivity index (χ3v) is 6.12. The van der Waals surface area contributed by atoms with Crippen LogP contribution in [-0.4, -0.2) is 40.5 Å². The zero-order valence-electron chi connectivity index (χ0n) is 16.3. The van der Waals surface area contributed by atoms with Crippen LogP contribution in [0.3, 0.4) is 0 Å². The van der Waals surface area contributed by atoms with E-state index >= 15 is 0 Å². The summed E-state index contributed by atoms with van der Waals surface area (Å²) >= 11 is 0. The van der Waals surface area contributed by atoms with Crippen LogP contribution in [0.4, 0.5) is 4.39 Å². The lowest BCUT2D eigenvalue weighted by molar-refractivity contribution is -0.136. The average Bonchev–Trinajstić information content (AvgIpc) is 3.01. The van der Waals surface area contributed by atoms with Gasteiger partial charge in [0.25, 0.3) is 0 Å². The van der Waals surface area contributed by atoms with Crippen LogP contribution in [0.15, 0.2) is 36.7 Å². The number of hydrogen-bond donors (Lipinski definition) is 1. The predicted molar refractivity (Wildman–Crippen MR) is 108 cm³/mol. The molecule has 0 amide bonds. The van der Waals surface area contributed by atoms with E-state index in [2.05, 4.69) is 29.7 Å². The number of benzene rings is 1. The summed E-state index contributed by atoms with van der Waals surface area (Å²) in [6.45, 7) is 7.97. The van der Waals surface area contributed by atoms with Crippen LogP contribution in [0.5, 0.6) is 0 Å². The Morgan fingerprint density at radius 3 is 2.68 bits per heavy atom. The van der Waals surface area contributed by atoms with Crippen LogP contribution >= 0.6 is 0 Å². The molecule has 3 rings (SSSR count). The molecule has 3 aromatic rings. The average molecular weight is 402 g/mol. The topological polar surface area (TPSA) is 77.2 Å². The zero-order chi connectivity index (χ0) is 20.3. The minimum Gasteiger partial charge on any atom is -0.481 e. The fraction of sp³-hybridized carbons (Fsp3) is 0.350. The number of pyridine rings is 1. The van der Waals surface area contributed by atoms with Crippen molar-refractivity contribution in [1.29, 1.82) is 0 Å². The van der Waals surface area contributed by atoms with Crippen LogP contribution in [0.1, 0.15) is 5.56 Å². The summed E-state index contributed by atoms with van der Waals surface area (Å²) in [7, 11) is -1.13. The predicted octanol–water partition coefficient (Wildman–Crippen LogP) is 4.18. The molecule has 0 radical (unpaired) electrons. The van der Waals surface area contributed by atoms with Crippen LogP contribution < -0.4 is 0 Å². The molecule has 2 heterocycles. The molecule has 0 aliphatic rings. The van der Waals surface area contributed by atoms with Crippen molar-refractivity contribution < 1.29 is 19.0 Å². The third kappa shape index (κ3) is 5.02. The molecule has 0 bridgehead atoms. The van der Waals surface area contributed by atoms with E-state index in [0.717, 1.165) is 17.0 Å². The van der Waals surface area contributed by atoms with Gasteiger partial charge in [0.2, 0.25) is 0 Å². The smallest absolute Gasteiger partial charge is 0.307 e. The van der Waals surface area contributed by atoms with Gasteiger partial charge in [0, 0.05) is 31.8 Å². The number of aromatic nitrogens is 3. The molecule has 0 aliphatic heterocycles. The van der Waals surface area contributed by atoms with Crippen LogP contribution in [0.2, 0.25) is 25.7 Å². The first kappa shape index (κ1) is 20.2. The fourth-order valence-corrected chi connectivity index (χ4v) is 3.54. The third-order valence-electron chi connectivity index (χ3n) is 4.41. The zero-order valence-corrected chi connectivity index (χ0v) is 17.3. The molecule has 1 N–H and O–H groups in total. The van der Waals surface area contributed by atoms with E-state index < -0.39 is 19.9 Å². The van der Waals surface area contributed by atoms with E-state index in [1.165, 1.54) is 12.1 Å². The van der Waals surface area contributed by atoms with Gasteiger partial charge in [-0.1, -0.05) is 31.8 Å². The standard InChI is InChI=1S/C20H24FN3O3Si/c1-28(2,3)7-6-27-13-24-20-17(12-23-24)8-16(11-22-20)14-4-5-15(10-19(25)26)18(21)9-14/h4-5,8-9,11-12H,6-7,10,13H2,1-3H3,(H,25,26). The van der Waals surface area contributed by atoms with E-state index in [9.17, 15) is 9.18 Å². The van der Waals surface area contributed by atoms with E-state index in [4.69, 9.17) is 9.84 Å². The van der Waals surface area contributed by atoms with Crippen molar-refractivity contribution in [2.45, 2.75) is 38.8 Å². The van der Waals surface area contributed by atoms with Crippen molar-refractivity contribution in [3.05, 3.63) is 48.0 Å². The molecular weight excluding hydrogens is 377 g/mol. The Morgan fingerprint density at radius 1 is 1.21 bits per heavy atom. The molecule has 8 heteroatoms. The summed E-state index contributed by atoms with van der Waals surface area (Å²) in [6.07, 6.45) is 3.03. The number of fused-ring (bicyclic) bond motifs is 1. The largest absolute Gasteiger partial charge is 0.481 e. The molecular formula is C20H24FN3O3Si. The molecule has 0 atom stereocenters. The lowest BCUT2D eigenvalue weighted by atomic mass is 10.0. The summed E-state index contributed by atoms with van der Waals surface area (Å²) in [5.41, 5.74) is 2.25. The Balaban J connectivity index is 1.75. The molecule has 6 nitrogen and oxygen atoms in total. The number of carboxylic acids is 1. The second-order valence-corrected chi connectivity index (χ2v) is 13.6. The summed E-state index contributed by atoms with van der Waals surface area (Å²) in [5.74, 6) is -1.60. The number of aliphatic carboxylic acids is 1. The first-order chi connectivity index (χ1) is 13.2. The van der Waals surface area contributed by atoms with Gasteiger partial charge in [0.05, 0.1) is 12.6 Å². The molecule has 0 unspecified atom stereocenters. The number of hydrogen-bond acceptors (Lipinski definition) is 4. The van der Waals surface area contributed by atoms with E-state index in [1.807, 2.05) is 6.07 Å². The lowest BCUT2D eigenvalue weighted by Gasteiger charge is -2.15. The van der Waals surface area contributed by atoms with Gasteiger partial charge in [0.1, 0.15) is 12.5 Å². The molecule has 148 valence electrons. The first-order valence-corrected chi connectivity index (χ1v) is 12.8. The van der Waals surface area contributed by atoms with E-state index in [-0.39, 0.29) is 12.0 Å². The van der Waals surface area contributed by atoms with Crippen LogP contribution in [0, 0.1) is 5.82 Å². The second-order valence-electron chi connectivity index (χ2n) is 8.01. The van der Waals surface area contributed by atoms with Crippen molar-refractivity contribution in [1.82, 2.24) is 14.8 Å². The lowest BCUT2D eigenvalue weighted by Crippen LogP contribution is -2.22. The molecule has 1 aromatic carbocycles. The second kappa shape index (κ2) is 8.20. The van der Waals surface area contributed by atoms with Gasteiger partial charge in [-0.3, -0.25) is 4.79 Å². The van der Waals surface area contributed by atoms with Gasteiger partial charge in [-0.2, -0.15) is 5.10 Å². The molecule has 0 saturated carbocycles. The quantitative estimate of drug-likeness (QED) is 0.453. The Kier molecular flexibility index (Phi) is 5.90. The van der Waals surface area contributed by atoms with Crippen molar-refractivity contribution in [2.24, 2.45) is 0 Å². The summed E-state index contributed by atoms with van der Waals surface area (Å²) < 4.78 is 21.6. The fourth-order valence-electron chi connectivity index (χ4n) is 2.79. The van der Waals surface area contributed by atoms with Crippen molar-refractivity contribution in [3.63, 3.8) is 0 Å². The maximum Gasteiger partial charge on any atom is 0.307 e. The Bertz CT molecular complexity index is 998. The summed E-state index contributed by atoms with van der Waals surface area (Å²) in [6, 6.07) is 7.52. The van der Waals surface area contributed by atoms with Gasteiger partial charge in [-0.05, 0) is 29.3 Å². The molecule has 2 aromatic heterocycles. The minimum atomic E-state index is -1.13. The minimum absolute atomic E-state index is 0.161. The van der Waals surface area contributed by atoms with Crippen LogP contribution in [-0.2, 0) is 22.7 Å². The maximum absolute atomic E-state index is 14.2. The number of carbonyl (C=O) groups is 1. The molecule has 0 saturated heterocycles. The summed E-state index contributed by atoms with van der Waals surface area (Å²) in [5, 5.41) is 14.0. The SMILES string of the molecule is C[Si](C)(C)CCOCn1ncc2cc(-c3ccc(CC(=O)O)c(F)c3)cnc21. The highest BCUT2D eigenvalue weighted by Gasteiger charge is 2.13. The number of nitrogens with zero attached hydrogens (tertiary/aromatic N) is 3. The highest BCUT2D eigenvalue weighted by Crippen LogP contribution is 2.25. The van der Waals surface area contributed by atoms with Gasteiger partial charge in [-0.15, -0.1) is 0 Å². The Hall–Kier alpha value is -2.58. The van der Waals surface area contributed by atoms with Crippen LogP contribution in [0.25, 0.3) is 22.2 Å². The highest BCUT2D eigenvalue weighted by molar-refractivity contribution is 6.76. The molecule has 0 fully saturated rings. The molecule has 28 heavy (non-hydrogen) atoms. The molecule has 0 aliphatic carbocycles. The van der Waals surface area contributed by atoms with Gasteiger partial charge < -0.3 is 9.84 Å². The molecule has 0 spiro atoms. The number of halogens is 1. The normalized spacial score (nSPS) is 11.9. The van der Waals surface area contributed by atoms with Gasteiger partial charge in [-0.25, -0.2) is 14.1 Å². The number of carboxylic acid groups (broad SMARTS) is 1. The Labute approximate surface area is 164 Å². The monoisotopic (exact) mass is 401 g/mol. The Morgan fingerprint density at radius 2 is 2.00 bits per heavy atom. The van der Waals surface area contributed by atoms with Gasteiger partial charge in [0.15, 0.2) is 5.65 Å². The maximum atomic E-state index is 14.2. The van der Waals surface area contributed by atoms with Crippen molar-refractivity contribution in [2.75, 3.05) is 6.61 Å². The summed E-state index contributed by atoms with van der Waals surface area (Å²) in [4.78, 5) is 15.2. The highest BCUT2D eigenvalue weighted by atomic mass is 28.3. The van der Waals surface area contributed by atoms with E-state index in [0.29, 0.717) is 24.5 Å². The number of rotatable bonds is 8. The van der Waals surface area contributed by atoms with Gasteiger partial charge >= 0.3 is 5.97 Å². The first-order valence-electron chi connectivity index (χ1n) is 9.13. The van der Waals surface area contributed by atoms with E-state index in [1.54, 1.807) is 23.1 Å². The van der Waals surface area contributed by atoms with Crippen molar-refractivity contribution >= 4 is 25.1 Å². The van der Waals surface area contributed by atoms with Crippen molar-refractivity contribution in [3.8, 4) is 11.1 Å².